The van der Waals surface area contributed by atoms with E-state index in [9.17, 15) is 18.0 Å². The maximum Gasteiger partial charge on any atom is 0.340 e. The van der Waals surface area contributed by atoms with Crippen LogP contribution in [0.15, 0.2) is 53.4 Å². The van der Waals surface area contributed by atoms with Crippen LogP contribution < -0.4 is 10.6 Å². The van der Waals surface area contributed by atoms with Gasteiger partial charge in [-0.15, -0.1) is 0 Å². The summed E-state index contributed by atoms with van der Waals surface area (Å²) in [7, 11) is -1.89. The summed E-state index contributed by atoms with van der Waals surface area (Å²) in [5, 5.41) is 5.45. The molecule has 0 radical (unpaired) electrons. The van der Waals surface area contributed by atoms with Gasteiger partial charge in [-0.1, -0.05) is 18.2 Å². The van der Waals surface area contributed by atoms with Crippen molar-refractivity contribution in [3.8, 4) is 0 Å². The van der Waals surface area contributed by atoms with Crippen LogP contribution >= 0.6 is 0 Å². The van der Waals surface area contributed by atoms with Gasteiger partial charge in [0, 0.05) is 31.5 Å². The van der Waals surface area contributed by atoms with Crippen molar-refractivity contribution < 1.29 is 22.7 Å². The van der Waals surface area contributed by atoms with Gasteiger partial charge in [-0.2, -0.15) is 4.31 Å². The largest absolute Gasteiger partial charge is 0.452 e. The predicted molar refractivity (Wildman–Crippen MR) is 109 cm³/mol. The maximum absolute atomic E-state index is 12.6. The minimum absolute atomic E-state index is 0.122. The summed E-state index contributed by atoms with van der Waals surface area (Å²) < 4.78 is 31.8. The summed E-state index contributed by atoms with van der Waals surface area (Å²) in [5.74, 6) is -1.19. The number of sulfonamides is 1. The van der Waals surface area contributed by atoms with Gasteiger partial charge in [0.1, 0.15) is 0 Å². The Bertz CT molecular complexity index is 1000. The Hall–Kier alpha value is -2.91. The van der Waals surface area contributed by atoms with E-state index in [4.69, 9.17) is 4.74 Å². The number of benzene rings is 2. The fraction of sp³-hybridized carbons (Fsp3) is 0.300. The number of nitrogens with one attached hydrogen (secondary N) is 2. The van der Waals surface area contributed by atoms with Crippen molar-refractivity contribution in [1.82, 2.24) is 4.31 Å². The van der Waals surface area contributed by atoms with E-state index in [1.807, 2.05) is 0 Å². The molecule has 0 spiro atoms. The smallest absolute Gasteiger partial charge is 0.340 e. The quantitative estimate of drug-likeness (QED) is 0.670. The van der Waals surface area contributed by atoms with E-state index in [-0.39, 0.29) is 4.90 Å². The average molecular weight is 417 g/mol. The van der Waals surface area contributed by atoms with Crippen molar-refractivity contribution in [2.24, 2.45) is 0 Å². The number of nitrogens with zero attached hydrogens (tertiary/aromatic N) is 1. The fourth-order valence-electron chi connectivity index (χ4n) is 3.10. The summed E-state index contributed by atoms with van der Waals surface area (Å²) in [6, 6.07) is 12.8. The monoisotopic (exact) mass is 417 g/mol. The molecule has 1 aliphatic rings. The molecule has 3 rings (SSSR count). The second-order valence-electron chi connectivity index (χ2n) is 6.56. The molecule has 1 heterocycles. The van der Waals surface area contributed by atoms with E-state index < -0.39 is 28.5 Å². The molecule has 1 aliphatic heterocycles. The lowest BCUT2D eigenvalue weighted by Gasteiger charge is -2.16. The highest BCUT2D eigenvalue weighted by Gasteiger charge is 2.27. The van der Waals surface area contributed by atoms with Crippen LogP contribution in [0.1, 0.15) is 23.2 Å². The second-order valence-corrected chi connectivity index (χ2v) is 8.50. The summed E-state index contributed by atoms with van der Waals surface area (Å²) in [4.78, 5) is 24.5. The molecule has 1 amide bonds. The topological polar surface area (TPSA) is 105 Å². The number of carbonyl (C=O) groups is 2. The van der Waals surface area contributed by atoms with Crippen LogP contribution in [0.4, 0.5) is 11.4 Å². The number of esters is 1. The number of carbonyl (C=O) groups excluding carboxylic acids is 2. The molecular weight excluding hydrogens is 394 g/mol. The molecule has 154 valence electrons. The summed E-state index contributed by atoms with van der Waals surface area (Å²) in [6.07, 6.45) is 1.69. The zero-order valence-corrected chi connectivity index (χ0v) is 16.9. The Morgan fingerprint density at radius 3 is 2.52 bits per heavy atom. The van der Waals surface area contributed by atoms with Crippen molar-refractivity contribution >= 4 is 33.3 Å². The molecular formula is C20H23N3O5S. The second kappa shape index (κ2) is 9.06. The Morgan fingerprint density at radius 2 is 1.79 bits per heavy atom. The first kappa shape index (κ1) is 20.8. The number of para-hydroxylation sites is 1. The van der Waals surface area contributed by atoms with Gasteiger partial charge in [0.15, 0.2) is 6.61 Å². The van der Waals surface area contributed by atoms with Gasteiger partial charge in [-0.25, -0.2) is 13.2 Å². The minimum atomic E-state index is -3.58. The van der Waals surface area contributed by atoms with Crippen molar-refractivity contribution in [2.45, 2.75) is 17.7 Å². The van der Waals surface area contributed by atoms with E-state index >= 15 is 0 Å². The molecule has 1 fully saturated rings. The molecule has 9 heteroatoms. The third-order valence-electron chi connectivity index (χ3n) is 4.57. The van der Waals surface area contributed by atoms with Gasteiger partial charge in [0.2, 0.25) is 10.0 Å². The molecule has 0 bridgehead atoms. The molecule has 0 aliphatic carbocycles. The van der Waals surface area contributed by atoms with Crippen LogP contribution in [0.25, 0.3) is 0 Å². The lowest BCUT2D eigenvalue weighted by atomic mass is 10.2. The molecule has 0 aromatic heterocycles. The van der Waals surface area contributed by atoms with Crippen molar-refractivity contribution in [1.29, 1.82) is 0 Å². The first-order valence-corrected chi connectivity index (χ1v) is 10.7. The van der Waals surface area contributed by atoms with Gasteiger partial charge in [0.05, 0.1) is 10.5 Å². The molecule has 29 heavy (non-hydrogen) atoms. The van der Waals surface area contributed by atoms with Gasteiger partial charge in [-0.3, -0.25) is 4.79 Å². The lowest BCUT2D eigenvalue weighted by Crippen LogP contribution is -2.28. The standard InChI is InChI=1S/C20H23N3O5S/c1-21-18-10-3-2-9-17(18)20(25)28-14-19(24)22-15-7-6-8-16(13-15)29(26,27)23-11-4-5-12-23/h2-3,6-10,13,21H,4-5,11-12,14H2,1H3,(H,22,24). The highest BCUT2D eigenvalue weighted by atomic mass is 32.2. The van der Waals surface area contributed by atoms with Gasteiger partial charge in [0.25, 0.3) is 5.91 Å². The third kappa shape index (κ3) is 4.93. The normalized spacial score (nSPS) is 14.4. The molecule has 0 unspecified atom stereocenters. The average Bonchev–Trinajstić information content (AvgIpc) is 3.28. The van der Waals surface area contributed by atoms with Gasteiger partial charge >= 0.3 is 5.97 Å². The van der Waals surface area contributed by atoms with Crippen LogP contribution in [-0.2, 0) is 19.6 Å². The van der Waals surface area contributed by atoms with E-state index in [1.54, 1.807) is 43.4 Å². The third-order valence-corrected chi connectivity index (χ3v) is 6.47. The van der Waals surface area contributed by atoms with Crippen LogP contribution in [0.2, 0.25) is 0 Å². The molecule has 1 saturated heterocycles. The first-order valence-electron chi connectivity index (χ1n) is 9.26. The molecule has 0 saturated carbocycles. The first-order chi connectivity index (χ1) is 13.9. The number of anilines is 2. The molecule has 0 atom stereocenters. The minimum Gasteiger partial charge on any atom is -0.452 e. The van der Waals surface area contributed by atoms with E-state index in [0.717, 1.165) is 12.8 Å². The summed E-state index contributed by atoms with van der Waals surface area (Å²) in [6.45, 7) is 0.520. The van der Waals surface area contributed by atoms with Crippen LogP contribution in [-0.4, -0.2) is 51.3 Å². The molecule has 2 N–H and O–H groups in total. The highest BCUT2D eigenvalue weighted by Crippen LogP contribution is 2.23. The SMILES string of the molecule is CNc1ccccc1C(=O)OCC(=O)Nc1cccc(S(=O)(=O)N2CCCC2)c1. The zero-order valence-electron chi connectivity index (χ0n) is 16.1. The van der Waals surface area contributed by atoms with E-state index in [2.05, 4.69) is 10.6 Å². The van der Waals surface area contributed by atoms with Crippen molar-refractivity contribution in [2.75, 3.05) is 37.4 Å². The molecule has 2 aromatic rings. The maximum atomic E-state index is 12.6. The summed E-state index contributed by atoms with van der Waals surface area (Å²) >= 11 is 0. The van der Waals surface area contributed by atoms with Crippen LogP contribution in [0.5, 0.6) is 0 Å². The van der Waals surface area contributed by atoms with Crippen molar-refractivity contribution in [3.63, 3.8) is 0 Å². The Balaban J connectivity index is 1.62. The van der Waals surface area contributed by atoms with Crippen molar-refractivity contribution in [3.05, 3.63) is 54.1 Å². The number of ether oxygens (including phenoxy) is 1. The zero-order chi connectivity index (χ0) is 20.9. The fourth-order valence-corrected chi connectivity index (χ4v) is 4.66. The Morgan fingerprint density at radius 1 is 1.07 bits per heavy atom. The number of rotatable bonds is 7. The number of hydrogen-bond donors (Lipinski definition) is 2. The molecule has 2 aromatic carbocycles. The van der Waals surface area contributed by atoms with Crippen LogP contribution in [0.3, 0.4) is 0 Å². The highest BCUT2D eigenvalue weighted by molar-refractivity contribution is 7.89. The Labute approximate surface area is 169 Å². The van der Waals surface area contributed by atoms with Gasteiger partial charge in [-0.05, 0) is 43.2 Å². The van der Waals surface area contributed by atoms with Gasteiger partial charge < -0.3 is 15.4 Å². The predicted octanol–water partition coefficient (Wildman–Crippen LogP) is 2.31. The van der Waals surface area contributed by atoms with Crippen LogP contribution in [0, 0.1) is 0 Å². The van der Waals surface area contributed by atoms with E-state index in [1.165, 1.54) is 16.4 Å². The number of amides is 1. The lowest BCUT2D eigenvalue weighted by molar-refractivity contribution is -0.119. The number of hydrogen-bond acceptors (Lipinski definition) is 6. The summed E-state index contributed by atoms with van der Waals surface area (Å²) in [5.41, 5.74) is 1.24. The Kier molecular flexibility index (Phi) is 6.50. The molecule has 8 nitrogen and oxygen atoms in total. The van der Waals surface area contributed by atoms with E-state index in [0.29, 0.717) is 30.0 Å².